The maximum atomic E-state index is 13.7. The van der Waals surface area contributed by atoms with Crippen molar-refractivity contribution in [3.05, 3.63) is 69.0 Å². The molecule has 0 radical (unpaired) electrons. The van der Waals surface area contributed by atoms with Crippen molar-refractivity contribution >= 4 is 23.0 Å². The van der Waals surface area contributed by atoms with Gasteiger partial charge in [-0.3, -0.25) is 10.1 Å². The second-order valence-corrected chi connectivity index (χ2v) is 4.78. The van der Waals surface area contributed by atoms with Crippen molar-refractivity contribution in [2.75, 3.05) is 5.32 Å². The molecular formula is C14H12ClFN2O2. The van der Waals surface area contributed by atoms with Gasteiger partial charge in [-0.05, 0) is 30.7 Å². The van der Waals surface area contributed by atoms with Crippen LogP contribution in [0.2, 0.25) is 5.02 Å². The van der Waals surface area contributed by atoms with Crippen LogP contribution in [0.15, 0.2) is 42.5 Å². The van der Waals surface area contributed by atoms with Crippen molar-refractivity contribution in [1.82, 2.24) is 0 Å². The van der Waals surface area contributed by atoms with Crippen molar-refractivity contribution in [3.8, 4) is 0 Å². The lowest BCUT2D eigenvalue weighted by molar-refractivity contribution is -0.384. The highest BCUT2D eigenvalue weighted by atomic mass is 35.5. The number of hydrogen-bond acceptors (Lipinski definition) is 3. The van der Waals surface area contributed by atoms with Crippen LogP contribution in [0.25, 0.3) is 0 Å². The average Bonchev–Trinajstić information content (AvgIpc) is 2.41. The van der Waals surface area contributed by atoms with Crippen molar-refractivity contribution < 1.29 is 9.31 Å². The Bertz CT molecular complexity index is 632. The van der Waals surface area contributed by atoms with Crippen LogP contribution in [0.3, 0.4) is 0 Å². The molecule has 0 fully saturated rings. The van der Waals surface area contributed by atoms with Crippen LogP contribution in [-0.4, -0.2) is 4.92 Å². The molecular weight excluding hydrogens is 283 g/mol. The molecule has 20 heavy (non-hydrogen) atoms. The smallest absolute Gasteiger partial charge is 0.271 e. The Morgan fingerprint density at radius 3 is 2.50 bits per heavy atom. The Morgan fingerprint density at radius 1 is 1.25 bits per heavy atom. The van der Waals surface area contributed by atoms with E-state index >= 15 is 0 Å². The minimum absolute atomic E-state index is 0.0987. The number of halogens is 2. The molecule has 0 heterocycles. The van der Waals surface area contributed by atoms with Gasteiger partial charge in [0.15, 0.2) is 0 Å². The van der Waals surface area contributed by atoms with E-state index in [-0.39, 0.29) is 17.4 Å². The van der Waals surface area contributed by atoms with Crippen LogP contribution < -0.4 is 5.32 Å². The van der Waals surface area contributed by atoms with Gasteiger partial charge in [-0.2, -0.15) is 0 Å². The molecule has 0 saturated heterocycles. The van der Waals surface area contributed by atoms with Gasteiger partial charge in [0.25, 0.3) is 5.69 Å². The van der Waals surface area contributed by atoms with Crippen molar-refractivity contribution in [3.63, 3.8) is 0 Å². The zero-order chi connectivity index (χ0) is 14.7. The molecule has 104 valence electrons. The van der Waals surface area contributed by atoms with Crippen LogP contribution in [0.4, 0.5) is 15.8 Å². The number of nitrogens with zero attached hydrogens (tertiary/aromatic N) is 1. The lowest BCUT2D eigenvalue weighted by atomic mass is 10.1. The summed E-state index contributed by atoms with van der Waals surface area (Å²) in [4.78, 5) is 10.1. The number of benzene rings is 2. The maximum absolute atomic E-state index is 13.7. The first-order chi connectivity index (χ1) is 9.47. The molecule has 2 rings (SSSR count). The van der Waals surface area contributed by atoms with Gasteiger partial charge in [-0.15, -0.1) is 0 Å². The second-order valence-electron chi connectivity index (χ2n) is 4.34. The number of rotatable bonds is 4. The normalized spacial score (nSPS) is 11.9. The van der Waals surface area contributed by atoms with Crippen LogP contribution in [0, 0.1) is 15.9 Å². The minimum Gasteiger partial charge on any atom is -0.376 e. The van der Waals surface area contributed by atoms with E-state index in [1.165, 1.54) is 6.07 Å². The number of hydrogen-bond donors (Lipinski definition) is 1. The number of nitrogens with one attached hydrogen (secondary N) is 1. The molecule has 6 heteroatoms. The molecule has 0 aliphatic heterocycles. The highest BCUT2D eigenvalue weighted by Crippen LogP contribution is 2.26. The molecule has 1 atom stereocenters. The summed E-state index contributed by atoms with van der Waals surface area (Å²) in [7, 11) is 0. The van der Waals surface area contributed by atoms with E-state index in [0.29, 0.717) is 5.02 Å². The van der Waals surface area contributed by atoms with Gasteiger partial charge < -0.3 is 5.32 Å². The van der Waals surface area contributed by atoms with E-state index in [1.807, 2.05) is 19.1 Å². The fourth-order valence-electron chi connectivity index (χ4n) is 1.81. The summed E-state index contributed by atoms with van der Waals surface area (Å²) in [6.45, 7) is 1.83. The van der Waals surface area contributed by atoms with E-state index in [9.17, 15) is 14.5 Å². The molecule has 0 aliphatic rings. The maximum Gasteiger partial charge on any atom is 0.271 e. The lowest BCUT2D eigenvalue weighted by Crippen LogP contribution is -2.08. The quantitative estimate of drug-likeness (QED) is 0.664. The minimum atomic E-state index is -0.558. The zero-order valence-electron chi connectivity index (χ0n) is 10.6. The van der Waals surface area contributed by atoms with E-state index in [0.717, 1.165) is 17.7 Å². The van der Waals surface area contributed by atoms with Gasteiger partial charge in [0, 0.05) is 23.2 Å². The van der Waals surface area contributed by atoms with E-state index in [4.69, 9.17) is 11.6 Å². The summed E-state index contributed by atoms with van der Waals surface area (Å²) in [5.41, 5.74) is 0.846. The molecule has 2 aromatic rings. The van der Waals surface area contributed by atoms with Crippen LogP contribution >= 0.6 is 11.6 Å². The lowest BCUT2D eigenvalue weighted by Gasteiger charge is -2.16. The summed E-state index contributed by atoms with van der Waals surface area (Å²) in [6.07, 6.45) is 0. The van der Waals surface area contributed by atoms with Gasteiger partial charge in [-0.1, -0.05) is 23.7 Å². The first-order valence-corrected chi connectivity index (χ1v) is 6.31. The molecule has 1 unspecified atom stereocenters. The molecule has 0 aromatic heterocycles. The van der Waals surface area contributed by atoms with Crippen molar-refractivity contribution in [2.24, 2.45) is 0 Å². The van der Waals surface area contributed by atoms with Gasteiger partial charge >= 0.3 is 0 Å². The van der Waals surface area contributed by atoms with E-state index < -0.39 is 10.7 Å². The summed E-state index contributed by atoms with van der Waals surface area (Å²) < 4.78 is 13.7. The predicted octanol–water partition coefficient (Wildman–Crippen LogP) is 4.56. The van der Waals surface area contributed by atoms with Gasteiger partial charge in [0.05, 0.1) is 10.6 Å². The Balaban J connectivity index is 2.22. The highest BCUT2D eigenvalue weighted by Gasteiger charge is 2.13. The van der Waals surface area contributed by atoms with E-state index in [2.05, 4.69) is 5.32 Å². The fourth-order valence-corrected chi connectivity index (χ4v) is 1.93. The van der Waals surface area contributed by atoms with Crippen molar-refractivity contribution in [2.45, 2.75) is 13.0 Å². The van der Waals surface area contributed by atoms with Crippen LogP contribution in [0.5, 0.6) is 0 Å². The largest absolute Gasteiger partial charge is 0.376 e. The Kier molecular flexibility index (Phi) is 4.20. The zero-order valence-corrected chi connectivity index (χ0v) is 11.4. The average molecular weight is 295 g/mol. The third-order valence-corrected chi connectivity index (χ3v) is 3.15. The predicted molar refractivity (Wildman–Crippen MR) is 76.5 cm³/mol. The molecule has 0 aliphatic carbocycles. The van der Waals surface area contributed by atoms with Gasteiger partial charge in [0.2, 0.25) is 0 Å². The Morgan fingerprint density at radius 2 is 1.90 bits per heavy atom. The summed E-state index contributed by atoms with van der Waals surface area (Å²) >= 11 is 5.80. The fraction of sp³-hybridized carbons (Fsp3) is 0.143. The standard InChI is InChI=1S/C14H12ClFN2O2/c1-9(10-2-4-11(15)5-3-10)17-14-8-12(18(19)20)6-7-13(14)16/h2-9,17H,1H3. The number of non-ortho nitro benzene ring substituents is 1. The second kappa shape index (κ2) is 5.88. The molecule has 2 aromatic carbocycles. The van der Waals surface area contributed by atoms with Crippen LogP contribution in [-0.2, 0) is 0 Å². The first kappa shape index (κ1) is 14.3. The summed E-state index contributed by atoms with van der Waals surface area (Å²) in [5.74, 6) is -0.531. The van der Waals surface area contributed by atoms with Crippen LogP contribution in [0.1, 0.15) is 18.5 Å². The van der Waals surface area contributed by atoms with E-state index in [1.54, 1.807) is 12.1 Å². The SMILES string of the molecule is CC(Nc1cc([N+](=O)[O-])ccc1F)c1ccc(Cl)cc1. The third-order valence-electron chi connectivity index (χ3n) is 2.90. The topological polar surface area (TPSA) is 55.2 Å². The molecule has 0 amide bonds. The number of anilines is 1. The number of nitro benzene ring substituents is 1. The monoisotopic (exact) mass is 294 g/mol. The molecule has 0 bridgehead atoms. The first-order valence-electron chi connectivity index (χ1n) is 5.93. The molecule has 0 saturated carbocycles. The van der Waals surface area contributed by atoms with Gasteiger partial charge in [-0.25, -0.2) is 4.39 Å². The third kappa shape index (κ3) is 3.24. The number of nitro groups is 1. The molecule has 4 nitrogen and oxygen atoms in total. The van der Waals surface area contributed by atoms with Crippen molar-refractivity contribution in [1.29, 1.82) is 0 Å². The molecule has 1 N–H and O–H groups in total. The summed E-state index contributed by atoms with van der Waals surface area (Å²) in [6, 6.07) is 10.3. The highest BCUT2D eigenvalue weighted by molar-refractivity contribution is 6.30. The van der Waals surface area contributed by atoms with Gasteiger partial charge in [0.1, 0.15) is 5.82 Å². The molecule has 0 spiro atoms. The Labute approximate surface area is 120 Å². The Hall–Kier alpha value is -2.14. The summed E-state index contributed by atoms with van der Waals surface area (Å²) in [5, 5.41) is 14.2.